The third-order valence-corrected chi connectivity index (χ3v) is 2.67. The Morgan fingerprint density at radius 2 is 2.06 bits per heavy atom. The molecule has 0 aliphatic carbocycles. The van der Waals surface area contributed by atoms with E-state index < -0.39 is 17.8 Å². The van der Waals surface area contributed by atoms with E-state index in [0.29, 0.717) is 12.0 Å². The molecule has 0 heterocycles. The maximum absolute atomic E-state index is 12.5. The van der Waals surface area contributed by atoms with Crippen LogP contribution < -0.4 is 0 Å². The van der Waals surface area contributed by atoms with Crippen LogP contribution in [0.4, 0.5) is 13.2 Å². The molecule has 0 spiro atoms. The Kier molecular flexibility index (Phi) is 5.41. The molecule has 1 nitrogen and oxygen atoms in total. The van der Waals surface area contributed by atoms with Gasteiger partial charge in [0.15, 0.2) is 0 Å². The molecule has 100 valence electrons. The lowest BCUT2D eigenvalue weighted by Crippen LogP contribution is -2.11. The van der Waals surface area contributed by atoms with Crippen LogP contribution >= 0.6 is 0 Å². The molecule has 1 aromatic rings. The van der Waals surface area contributed by atoms with Gasteiger partial charge in [-0.2, -0.15) is 13.2 Å². The fourth-order valence-corrected chi connectivity index (χ4v) is 1.75. The zero-order chi connectivity index (χ0) is 13.6. The number of unbranched alkanes of at least 4 members (excludes halogenated alkanes) is 1. The van der Waals surface area contributed by atoms with Gasteiger partial charge in [-0.25, -0.2) is 0 Å². The number of hydrogen-bond acceptors (Lipinski definition) is 1. The summed E-state index contributed by atoms with van der Waals surface area (Å²) in [5.74, 6) is 0. The molecule has 4 heteroatoms. The van der Waals surface area contributed by atoms with Gasteiger partial charge in [0, 0.05) is 0 Å². The fourth-order valence-electron chi connectivity index (χ4n) is 1.75. The highest BCUT2D eigenvalue weighted by Gasteiger charge is 2.30. The second-order valence-electron chi connectivity index (χ2n) is 4.28. The lowest BCUT2D eigenvalue weighted by molar-refractivity contribution is -0.137. The molecule has 0 aromatic heterocycles. The van der Waals surface area contributed by atoms with Crippen LogP contribution in [-0.4, -0.2) is 11.2 Å². The Morgan fingerprint density at radius 1 is 1.33 bits per heavy atom. The van der Waals surface area contributed by atoms with Gasteiger partial charge in [0.25, 0.3) is 0 Å². The lowest BCUT2D eigenvalue weighted by atomic mass is 10.0. The van der Waals surface area contributed by atoms with Crippen LogP contribution in [-0.2, 0) is 12.6 Å². The van der Waals surface area contributed by atoms with Gasteiger partial charge in [0.05, 0.1) is 11.7 Å². The summed E-state index contributed by atoms with van der Waals surface area (Å²) in [5.41, 5.74) is -0.158. The maximum Gasteiger partial charge on any atom is 0.416 e. The van der Waals surface area contributed by atoms with Crippen LogP contribution in [0.25, 0.3) is 0 Å². The normalized spacial score (nSPS) is 13.3. The molecule has 0 aliphatic heterocycles. The molecule has 0 fully saturated rings. The fraction of sp³-hybridized carbons (Fsp3) is 0.429. The first kappa shape index (κ1) is 14.8. The number of benzene rings is 1. The van der Waals surface area contributed by atoms with Crippen molar-refractivity contribution >= 4 is 0 Å². The molecule has 1 aromatic carbocycles. The van der Waals surface area contributed by atoms with Crippen molar-refractivity contribution in [3.8, 4) is 0 Å². The number of alkyl halides is 3. The molecule has 18 heavy (non-hydrogen) atoms. The molecule has 1 rings (SSSR count). The Labute approximate surface area is 105 Å². The molecule has 0 saturated carbocycles. The number of halogens is 3. The first-order valence-corrected chi connectivity index (χ1v) is 5.88. The van der Waals surface area contributed by atoms with Gasteiger partial charge in [-0.1, -0.05) is 24.3 Å². The van der Waals surface area contributed by atoms with Gasteiger partial charge >= 0.3 is 6.18 Å². The van der Waals surface area contributed by atoms with E-state index in [1.807, 2.05) is 0 Å². The first-order chi connectivity index (χ1) is 8.43. The van der Waals surface area contributed by atoms with Gasteiger partial charge in [-0.3, -0.25) is 0 Å². The van der Waals surface area contributed by atoms with Crippen LogP contribution in [0.5, 0.6) is 0 Å². The minimum absolute atomic E-state index is 0.251. The average Bonchev–Trinajstić information content (AvgIpc) is 2.28. The van der Waals surface area contributed by atoms with Crippen LogP contribution in [0.1, 0.15) is 30.4 Å². The summed E-state index contributed by atoms with van der Waals surface area (Å²) in [7, 11) is 0. The quantitative estimate of drug-likeness (QED) is 0.604. The zero-order valence-electron chi connectivity index (χ0n) is 10.1. The topological polar surface area (TPSA) is 20.2 Å². The highest BCUT2D eigenvalue weighted by molar-refractivity contribution is 5.26. The van der Waals surface area contributed by atoms with E-state index in [-0.39, 0.29) is 6.42 Å². The average molecular weight is 258 g/mol. The molecule has 0 radical (unpaired) electrons. The molecule has 1 N–H and O–H groups in total. The number of aliphatic hydroxyl groups excluding tert-OH is 1. The molecule has 0 aliphatic rings. The summed E-state index contributed by atoms with van der Waals surface area (Å²) < 4.78 is 37.4. The minimum Gasteiger partial charge on any atom is -0.393 e. The van der Waals surface area contributed by atoms with E-state index >= 15 is 0 Å². The summed E-state index contributed by atoms with van der Waals surface area (Å²) in [6.07, 6.45) is -0.749. The van der Waals surface area contributed by atoms with E-state index in [1.165, 1.54) is 6.07 Å². The molecular formula is C14H17F3O. The monoisotopic (exact) mass is 258 g/mol. The summed E-state index contributed by atoms with van der Waals surface area (Å²) >= 11 is 0. The first-order valence-electron chi connectivity index (χ1n) is 5.88. The Morgan fingerprint density at radius 3 is 2.67 bits per heavy atom. The smallest absolute Gasteiger partial charge is 0.393 e. The molecule has 0 bridgehead atoms. The van der Waals surface area contributed by atoms with Gasteiger partial charge in [-0.05, 0) is 37.3 Å². The van der Waals surface area contributed by atoms with Crippen molar-refractivity contribution in [2.75, 3.05) is 0 Å². The van der Waals surface area contributed by atoms with Gasteiger partial charge in [-0.15, -0.1) is 6.58 Å². The maximum atomic E-state index is 12.5. The van der Waals surface area contributed by atoms with Crippen LogP contribution in [0.2, 0.25) is 0 Å². The van der Waals surface area contributed by atoms with E-state index in [1.54, 1.807) is 12.1 Å². The standard InChI is InChI=1S/C14H17F3O/c1-2-3-4-8-13(18)10-11-6-5-7-12(9-11)14(15,16)17/h2,5-7,9,13,18H,1,3-4,8,10H2. The highest BCUT2D eigenvalue weighted by atomic mass is 19.4. The summed E-state index contributed by atoms with van der Waals surface area (Å²) in [4.78, 5) is 0. The second kappa shape index (κ2) is 6.59. The lowest BCUT2D eigenvalue weighted by Gasteiger charge is -2.12. The number of hydrogen-bond donors (Lipinski definition) is 1. The third-order valence-electron chi connectivity index (χ3n) is 2.67. The zero-order valence-corrected chi connectivity index (χ0v) is 10.1. The molecule has 1 unspecified atom stereocenters. The minimum atomic E-state index is -4.33. The summed E-state index contributed by atoms with van der Waals surface area (Å²) in [6, 6.07) is 5.10. The predicted molar refractivity (Wildman–Crippen MR) is 65.2 cm³/mol. The molecule has 0 amide bonds. The van der Waals surface area contributed by atoms with Gasteiger partial charge < -0.3 is 5.11 Å². The molecular weight excluding hydrogens is 241 g/mol. The number of rotatable bonds is 6. The Hall–Kier alpha value is -1.29. The van der Waals surface area contributed by atoms with Crippen molar-refractivity contribution < 1.29 is 18.3 Å². The van der Waals surface area contributed by atoms with Crippen molar-refractivity contribution in [2.45, 2.75) is 38.0 Å². The highest BCUT2D eigenvalue weighted by Crippen LogP contribution is 2.29. The van der Waals surface area contributed by atoms with Crippen molar-refractivity contribution in [3.05, 3.63) is 48.0 Å². The third kappa shape index (κ3) is 4.92. The number of allylic oxidation sites excluding steroid dienone is 1. The van der Waals surface area contributed by atoms with Crippen LogP contribution in [0.3, 0.4) is 0 Å². The van der Waals surface area contributed by atoms with Crippen molar-refractivity contribution in [1.29, 1.82) is 0 Å². The van der Waals surface area contributed by atoms with Crippen molar-refractivity contribution in [1.82, 2.24) is 0 Å². The van der Waals surface area contributed by atoms with E-state index in [0.717, 1.165) is 25.0 Å². The van der Waals surface area contributed by atoms with Crippen molar-refractivity contribution in [3.63, 3.8) is 0 Å². The predicted octanol–water partition coefficient (Wildman–Crippen LogP) is 3.97. The summed E-state index contributed by atoms with van der Waals surface area (Å²) in [5, 5.41) is 9.71. The second-order valence-corrected chi connectivity index (χ2v) is 4.28. The van der Waals surface area contributed by atoms with Crippen LogP contribution in [0, 0.1) is 0 Å². The summed E-state index contributed by atoms with van der Waals surface area (Å²) in [6.45, 7) is 3.57. The number of aliphatic hydroxyl groups is 1. The largest absolute Gasteiger partial charge is 0.416 e. The van der Waals surface area contributed by atoms with E-state index in [2.05, 4.69) is 6.58 Å². The Bertz CT molecular complexity index is 385. The van der Waals surface area contributed by atoms with Gasteiger partial charge in [0.1, 0.15) is 0 Å². The van der Waals surface area contributed by atoms with Crippen LogP contribution in [0.15, 0.2) is 36.9 Å². The Balaban J connectivity index is 2.59. The van der Waals surface area contributed by atoms with Crippen molar-refractivity contribution in [2.24, 2.45) is 0 Å². The molecule has 1 atom stereocenters. The van der Waals surface area contributed by atoms with Gasteiger partial charge in [0.2, 0.25) is 0 Å². The SMILES string of the molecule is C=CCCCC(O)Cc1cccc(C(F)(F)F)c1. The van der Waals surface area contributed by atoms with E-state index in [9.17, 15) is 18.3 Å². The van der Waals surface area contributed by atoms with E-state index in [4.69, 9.17) is 0 Å². The molecule has 0 saturated heterocycles.